The third kappa shape index (κ3) is 9.86. The Balaban J connectivity index is 0.677. The average molecular weight is 1380 g/mol. The van der Waals surface area contributed by atoms with Crippen LogP contribution in [0.5, 0.6) is 0 Å². The molecule has 106 heavy (non-hydrogen) atoms. The molecule has 0 saturated heterocycles. The minimum absolute atomic E-state index is 0.461. The van der Waals surface area contributed by atoms with E-state index in [0.717, 1.165) is 95.1 Å². The average Bonchev–Trinajstić information content (AvgIpc) is 1.50. The van der Waals surface area contributed by atoms with Gasteiger partial charge in [0.1, 0.15) is 0 Å². The van der Waals surface area contributed by atoms with Crippen molar-refractivity contribution < 1.29 is 0 Å². The topological polar surface area (TPSA) is 51.6 Å². The first kappa shape index (κ1) is 61.8. The molecule has 6 heteroatoms. The molecule has 2 aliphatic carbocycles. The molecular formula is C100H62N4S2. The van der Waals surface area contributed by atoms with Gasteiger partial charge < -0.3 is 0 Å². The summed E-state index contributed by atoms with van der Waals surface area (Å²) in [6.45, 7) is 0. The van der Waals surface area contributed by atoms with Crippen molar-refractivity contribution in [2.24, 2.45) is 0 Å². The molecule has 0 saturated carbocycles. The van der Waals surface area contributed by atoms with Crippen LogP contribution in [0.25, 0.3) is 135 Å². The summed E-state index contributed by atoms with van der Waals surface area (Å²) in [4.78, 5) is 26.7. The van der Waals surface area contributed by atoms with Crippen molar-refractivity contribution in [2.45, 2.75) is 30.4 Å². The summed E-state index contributed by atoms with van der Waals surface area (Å²) in [5, 5.41) is 0. The van der Waals surface area contributed by atoms with E-state index < -0.39 is 10.8 Å². The Bertz CT molecular complexity index is 6260. The second-order valence-corrected chi connectivity index (χ2v) is 30.0. The molecule has 0 fully saturated rings. The molecule has 4 heterocycles. The standard InChI is InChI=1S/C100H62N4S2/c1-5-25-63(26-6-1)80-57-70(72-49-53-95-87(59-72)100(83-43-19-15-39-77(83)78-40-16-20-44-84(78)100)88-60-74(50-54-96(88)106-95)98-101-89(64-27-7-2-8-28-64)61-90(102-98)65-29-9-3-10-30-65)47-51-79(80)92-62-91(103-97(104-92)66-31-11-4-12-32-66)73-36-24-35-69(56-73)67-33-23-34-68(55-67)71-48-52-94-86(58-71)99(85-45-21-22-46-93(85)105-94)81-41-17-13-37-75(81)76-38-14-18-42-82(76)99/h1-62H. The number of rotatable bonds is 10. The summed E-state index contributed by atoms with van der Waals surface area (Å²) in [6.07, 6.45) is 0. The summed E-state index contributed by atoms with van der Waals surface area (Å²) in [6, 6.07) is 138. The van der Waals surface area contributed by atoms with E-state index in [1.165, 1.54) is 91.9 Å². The Hall–Kier alpha value is -12.8. The minimum Gasteiger partial charge on any atom is -0.228 e. The van der Waals surface area contributed by atoms with Crippen LogP contribution in [0.1, 0.15) is 44.5 Å². The Morgan fingerprint density at radius 2 is 0.472 bits per heavy atom. The SMILES string of the molecule is c1ccc(-c2cc(-c3ccccc3)nc(-c3ccc4c(c3)C3(c5cc(-c6ccc(-c7cc(-c8cccc(-c9cccc(-c%10ccc%11c(c%10)C%10(c%12ccccc%12S%11)c%11ccccc%11-c%11ccccc%11%10)c9)c8)nc(-c8ccccc8)n7)c(-c7ccccc7)c6)ccc5S4)c4ccccc4-c4ccccc43)n2)cc1. The lowest BCUT2D eigenvalue weighted by atomic mass is 9.66. The lowest BCUT2D eigenvalue weighted by Gasteiger charge is -2.40. The molecule has 0 bridgehead atoms. The van der Waals surface area contributed by atoms with Gasteiger partial charge in [-0.2, -0.15) is 0 Å². The minimum atomic E-state index is -0.683. The predicted octanol–water partition coefficient (Wildman–Crippen LogP) is 25.6. The van der Waals surface area contributed by atoms with Crippen LogP contribution in [0.4, 0.5) is 0 Å². The maximum Gasteiger partial charge on any atom is 0.160 e. The van der Waals surface area contributed by atoms with Gasteiger partial charge in [0.2, 0.25) is 0 Å². The summed E-state index contributed by atoms with van der Waals surface area (Å²) in [7, 11) is 0. The molecular weight excluding hydrogens is 1320 g/mol. The van der Waals surface area contributed by atoms with Crippen molar-refractivity contribution in [1.29, 1.82) is 0 Å². The fourth-order valence-electron chi connectivity index (χ4n) is 17.3. The Morgan fingerprint density at radius 1 is 0.160 bits per heavy atom. The van der Waals surface area contributed by atoms with Gasteiger partial charge in [-0.25, -0.2) is 19.9 Å². The number of nitrogens with zero attached hydrogens (tertiary/aromatic N) is 4. The highest BCUT2D eigenvalue weighted by Crippen LogP contribution is 2.65. The molecule has 0 amide bonds. The first-order valence-electron chi connectivity index (χ1n) is 36.1. The number of aromatic nitrogens is 4. The van der Waals surface area contributed by atoms with Crippen LogP contribution in [0, 0.1) is 0 Å². The van der Waals surface area contributed by atoms with Gasteiger partial charge in [-0.3, -0.25) is 0 Å². The first-order chi connectivity index (χ1) is 52.5. The largest absolute Gasteiger partial charge is 0.228 e. The number of benzene rings is 15. The monoisotopic (exact) mass is 1380 g/mol. The Morgan fingerprint density at radius 3 is 0.972 bits per heavy atom. The summed E-state index contributed by atoms with van der Waals surface area (Å²) in [5.74, 6) is 1.34. The van der Waals surface area contributed by atoms with Crippen LogP contribution in [-0.2, 0) is 10.8 Å². The van der Waals surface area contributed by atoms with Crippen LogP contribution in [0.15, 0.2) is 396 Å². The molecule has 17 aromatic rings. The Labute approximate surface area is 624 Å². The lowest BCUT2D eigenvalue weighted by molar-refractivity contribution is 0.723. The van der Waals surface area contributed by atoms with E-state index in [1.807, 2.05) is 23.5 Å². The van der Waals surface area contributed by atoms with Crippen LogP contribution < -0.4 is 0 Å². The lowest BCUT2D eigenvalue weighted by Crippen LogP contribution is -2.32. The van der Waals surface area contributed by atoms with E-state index in [4.69, 9.17) is 19.9 Å². The number of fused-ring (bicyclic) bond motifs is 18. The highest BCUT2D eigenvalue weighted by atomic mass is 32.2. The van der Waals surface area contributed by atoms with Crippen molar-refractivity contribution in [2.75, 3.05) is 0 Å². The second kappa shape index (κ2) is 25.0. The highest BCUT2D eigenvalue weighted by molar-refractivity contribution is 7.99. The molecule has 2 aromatic heterocycles. The van der Waals surface area contributed by atoms with Crippen molar-refractivity contribution in [3.63, 3.8) is 0 Å². The van der Waals surface area contributed by atoms with E-state index in [0.29, 0.717) is 11.6 Å². The zero-order valence-corrected chi connectivity index (χ0v) is 59.0. The summed E-state index contributed by atoms with van der Waals surface area (Å²) in [5.41, 5.74) is 32.7. The van der Waals surface area contributed by atoms with Gasteiger partial charge in [0.05, 0.1) is 33.6 Å². The molecule has 0 N–H and O–H groups in total. The third-order valence-electron chi connectivity index (χ3n) is 22.1. The molecule has 0 unspecified atom stereocenters. The van der Waals surface area contributed by atoms with Crippen LogP contribution >= 0.6 is 23.5 Å². The van der Waals surface area contributed by atoms with Gasteiger partial charge in [0.25, 0.3) is 0 Å². The van der Waals surface area contributed by atoms with Crippen molar-refractivity contribution in [3.05, 3.63) is 421 Å². The maximum absolute atomic E-state index is 5.52. The van der Waals surface area contributed by atoms with Gasteiger partial charge in [0, 0.05) is 53.0 Å². The molecule has 4 nitrogen and oxygen atoms in total. The van der Waals surface area contributed by atoms with Crippen molar-refractivity contribution >= 4 is 23.5 Å². The van der Waals surface area contributed by atoms with Gasteiger partial charge in [-0.15, -0.1) is 0 Å². The van der Waals surface area contributed by atoms with Gasteiger partial charge in [-0.1, -0.05) is 327 Å². The molecule has 0 radical (unpaired) electrons. The smallest absolute Gasteiger partial charge is 0.160 e. The number of hydrogen-bond acceptors (Lipinski definition) is 6. The molecule has 21 rings (SSSR count). The van der Waals surface area contributed by atoms with E-state index in [-0.39, 0.29) is 0 Å². The molecule has 494 valence electrons. The van der Waals surface area contributed by atoms with Gasteiger partial charge >= 0.3 is 0 Å². The van der Waals surface area contributed by atoms with Gasteiger partial charge in [-0.05, 0) is 184 Å². The fourth-order valence-corrected chi connectivity index (χ4v) is 19.7. The summed E-state index contributed by atoms with van der Waals surface area (Å²) >= 11 is 3.73. The van der Waals surface area contributed by atoms with E-state index in [2.05, 4.69) is 376 Å². The van der Waals surface area contributed by atoms with Crippen LogP contribution in [0.3, 0.4) is 0 Å². The van der Waals surface area contributed by atoms with Crippen molar-refractivity contribution in [3.8, 4) is 135 Å². The predicted molar refractivity (Wildman–Crippen MR) is 435 cm³/mol. The van der Waals surface area contributed by atoms with E-state index >= 15 is 0 Å². The first-order valence-corrected chi connectivity index (χ1v) is 37.8. The van der Waals surface area contributed by atoms with Crippen LogP contribution in [0.2, 0.25) is 0 Å². The highest BCUT2D eigenvalue weighted by Gasteiger charge is 2.52. The van der Waals surface area contributed by atoms with E-state index in [1.54, 1.807) is 0 Å². The van der Waals surface area contributed by atoms with Crippen molar-refractivity contribution in [1.82, 2.24) is 19.9 Å². The molecule has 15 aromatic carbocycles. The number of hydrogen-bond donors (Lipinski definition) is 0. The quantitative estimate of drug-likeness (QED) is 0.136. The maximum atomic E-state index is 5.52. The van der Waals surface area contributed by atoms with Gasteiger partial charge in [0.15, 0.2) is 11.6 Å². The molecule has 0 atom stereocenters. The zero-order valence-electron chi connectivity index (χ0n) is 57.4. The van der Waals surface area contributed by atoms with E-state index in [9.17, 15) is 0 Å². The molecule has 2 aliphatic heterocycles. The molecule has 4 aliphatic rings. The fraction of sp³-hybridized carbons (Fsp3) is 0.0200. The Kier molecular flexibility index (Phi) is 14.6. The summed E-state index contributed by atoms with van der Waals surface area (Å²) < 4.78 is 0. The second-order valence-electron chi connectivity index (χ2n) is 27.8. The molecule has 2 spiro atoms. The third-order valence-corrected chi connectivity index (χ3v) is 24.4. The van der Waals surface area contributed by atoms with Crippen LogP contribution in [-0.4, -0.2) is 19.9 Å². The normalized spacial score (nSPS) is 13.4. The zero-order chi connectivity index (χ0) is 69.9.